The normalized spacial score (nSPS) is 20.8. The molecule has 2 aromatic rings. The maximum atomic E-state index is 12.7. The molecule has 7 atom stereocenters. The highest BCUT2D eigenvalue weighted by atomic mass is 32.2. The van der Waals surface area contributed by atoms with Gasteiger partial charge < -0.3 is 50.9 Å². The summed E-state index contributed by atoms with van der Waals surface area (Å²) in [5.41, 5.74) is 4.16. The van der Waals surface area contributed by atoms with Gasteiger partial charge >= 0.3 is 23.5 Å². The fraction of sp³-hybridized carbons (Fsp3) is 0.621. The fourth-order valence-electron chi connectivity index (χ4n) is 5.13. The number of carbonyl (C=O) groups excluding carboxylic acids is 6. The van der Waals surface area contributed by atoms with Gasteiger partial charge in [-0.3, -0.25) is 46.9 Å². The Labute approximate surface area is 343 Å². The molecule has 0 bridgehead atoms. The van der Waals surface area contributed by atoms with E-state index in [9.17, 15) is 72.2 Å². The van der Waals surface area contributed by atoms with Crippen LogP contribution in [0.2, 0.25) is 0 Å². The second-order valence-electron chi connectivity index (χ2n) is 13.6. The number of nitrogen functional groups attached to an aromatic ring is 1. The van der Waals surface area contributed by atoms with Gasteiger partial charge in [0.25, 0.3) is 0 Å². The lowest BCUT2D eigenvalue weighted by molar-refractivity contribution is -0.137. The third-order valence-electron chi connectivity index (χ3n) is 7.95. The van der Waals surface area contributed by atoms with E-state index in [0.717, 1.165) is 29.0 Å². The number of Topliss-reactive ketones (excluding diaryl/α,β-unsaturated/α-hetero) is 3. The lowest BCUT2D eigenvalue weighted by Gasteiger charge is -2.30. The van der Waals surface area contributed by atoms with E-state index in [4.69, 9.17) is 19.5 Å². The molecule has 2 aromatic heterocycles. The van der Waals surface area contributed by atoms with Gasteiger partial charge in [0, 0.05) is 30.7 Å². The standard InChI is InChI=1S/C29H44N7O20P3S/c1-15(37)8-16(38)9-17(39)10-20(41)60-7-6-31-19(40)4-5-32-27(44)24(43)29(2,3)12-53-59(50,51)56-58(48,49)52-11-18-23(55-57(45,46)47)22(42)28(54-18)36-14-35-21-25(30)33-13-34-26(21)36/h13-14,18,22-24,28,42-43H,4-12H2,1-3H3,(H,31,40)(H,32,44)(H,48,49)(H,50,51)(H2,30,33,34)(H2,45,46,47)/t18-,22-,23-,24+,28-/m1/s1. The van der Waals surface area contributed by atoms with E-state index in [1.165, 1.54) is 20.8 Å². The first-order valence-corrected chi connectivity index (χ1v) is 22.8. The summed E-state index contributed by atoms with van der Waals surface area (Å²) in [6, 6.07) is 0. The average molecular weight is 936 g/mol. The van der Waals surface area contributed by atoms with Crippen LogP contribution in [0.4, 0.5) is 5.82 Å². The van der Waals surface area contributed by atoms with Crippen LogP contribution < -0.4 is 16.4 Å². The third kappa shape index (κ3) is 16.1. The van der Waals surface area contributed by atoms with Crippen LogP contribution in [-0.2, 0) is 65.1 Å². The van der Waals surface area contributed by atoms with Crippen molar-refractivity contribution in [3.63, 3.8) is 0 Å². The molecule has 10 N–H and O–H groups in total. The molecule has 0 radical (unpaired) electrons. The lowest BCUT2D eigenvalue weighted by atomic mass is 9.87. The molecule has 3 rings (SSSR count). The zero-order valence-electron chi connectivity index (χ0n) is 31.9. The van der Waals surface area contributed by atoms with Gasteiger partial charge in [-0.1, -0.05) is 25.6 Å². The highest BCUT2D eigenvalue weighted by Gasteiger charge is 2.50. The van der Waals surface area contributed by atoms with Crippen molar-refractivity contribution in [1.82, 2.24) is 30.2 Å². The van der Waals surface area contributed by atoms with Gasteiger partial charge in [-0.25, -0.2) is 28.6 Å². The summed E-state index contributed by atoms with van der Waals surface area (Å²) in [5.74, 6) is -3.21. The summed E-state index contributed by atoms with van der Waals surface area (Å²) in [5, 5.41) is 25.6. The second kappa shape index (κ2) is 21.6. The molecule has 31 heteroatoms. The van der Waals surface area contributed by atoms with E-state index in [1.54, 1.807) is 0 Å². The van der Waals surface area contributed by atoms with E-state index in [1.807, 2.05) is 0 Å². The number of aliphatic hydroxyl groups is 2. The van der Waals surface area contributed by atoms with Crippen LogP contribution in [0.3, 0.4) is 0 Å². The minimum Gasteiger partial charge on any atom is -0.386 e. The maximum Gasteiger partial charge on any atom is 0.481 e. The summed E-state index contributed by atoms with van der Waals surface area (Å²) in [6.45, 7) is 1.24. The minimum atomic E-state index is -5.61. The summed E-state index contributed by atoms with van der Waals surface area (Å²) in [7, 11) is -16.5. The number of anilines is 1. The van der Waals surface area contributed by atoms with Crippen molar-refractivity contribution in [3.8, 4) is 0 Å². The Morgan fingerprint density at radius 2 is 1.62 bits per heavy atom. The largest absolute Gasteiger partial charge is 0.481 e. The van der Waals surface area contributed by atoms with Crippen molar-refractivity contribution in [2.75, 3.05) is 37.8 Å². The number of ketones is 3. The number of nitrogens with zero attached hydrogens (tertiary/aromatic N) is 4. The topological polar surface area (TPSA) is 415 Å². The van der Waals surface area contributed by atoms with Crippen molar-refractivity contribution < 1.29 is 94.9 Å². The number of aliphatic hydroxyl groups excluding tert-OH is 2. The Balaban J connectivity index is 1.44. The molecule has 0 aromatic carbocycles. The summed E-state index contributed by atoms with van der Waals surface area (Å²) >= 11 is 0.740. The van der Waals surface area contributed by atoms with Gasteiger partial charge in [0.1, 0.15) is 53.6 Å². The van der Waals surface area contributed by atoms with Crippen LogP contribution in [-0.4, -0.2) is 140 Å². The van der Waals surface area contributed by atoms with Gasteiger partial charge in [-0.05, 0) is 6.92 Å². The number of phosphoric acid groups is 3. The highest BCUT2D eigenvalue weighted by molar-refractivity contribution is 8.13. The molecule has 3 heterocycles. The number of amides is 2. The van der Waals surface area contributed by atoms with Crippen LogP contribution in [0.5, 0.6) is 0 Å². The third-order valence-corrected chi connectivity index (χ3v) is 11.9. The molecule has 2 amide bonds. The van der Waals surface area contributed by atoms with Crippen LogP contribution in [0, 0.1) is 5.41 Å². The van der Waals surface area contributed by atoms with Crippen LogP contribution >= 0.6 is 35.2 Å². The van der Waals surface area contributed by atoms with Crippen molar-refractivity contribution >= 4 is 86.5 Å². The monoisotopic (exact) mass is 935 g/mol. The Bertz CT molecular complexity index is 2070. The molecule has 0 spiro atoms. The molecule has 1 fully saturated rings. The molecule has 336 valence electrons. The van der Waals surface area contributed by atoms with E-state index >= 15 is 0 Å². The molecule has 27 nitrogen and oxygen atoms in total. The molecule has 0 aliphatic carbocycles. The number of hydrogen-bond donors (Lipinski definition) is 9. The maximum absolute atomic E-state index is 12.7. The number of hydrogen-bond acceptors (Lipinski definition) is 21. The van der Waals surface area contributed by atoms with Gasteiger partial charge in [0.15, 0.2) is 22.8 Å². The van der Waals surface area contributed by atoms with Crippen LogP contribution in [0.15, 0.2) is 12.7 Å². The molecule has 1 aliphatic rings. The molecular formula is C29H44N7O20P3S. The van der Waals surface area contributed by atoms with Crippen molar-refractivity contribution in [2.45, 2.75) is 77.1 Å². The molecule has 1 saturated heterocycles. The van der Waals surface area contributed by atoms with Crippen LogP contribution in [0.1, 0.15) is 52.7 Å². The van der Waals surface area contributed by atoms with Crippen molar-refractivity contribution in [1.29, 1.82) is 0 Å². The number of rotatable bonds is 25. The van der Waals surface area contributed by atoms with E-state index in [-0.39, 0.29) is 42.2 Å². The van der Waals surface area contributed by atoms with E-state index in [0.29, 0.717) is 0 Å². The number of ether oxygens (including phenoxy) is 1. The molecule has 1 aliphatic heterocycles. The van der Waals surface area contributed by atoms with Gasteiger partial charge in [0.05, 0.1) is 38.8 Å². The molecule has 60 heavy (non-hydrogen) atoms. The van der Waals surface area contributed by atoms with Crippen molar-refractivity contribution in [3.05, 3.63) is 12.7 Å². The SMILES string of the molecule is CC(=O)CC(=O)CC(=O)CC(=O)SCCNC(=O)CCNC(=O)[C@H](O)C(C)(C)COP(=O)(O)OP(=O)(O)OC[C@H]1O[C@@H](n2cnc3c(N)ncnc32)[C@H](O)[C@@H]1OP(=O)(O)O. The summed E-state index contributed by atoms with van der Waals surface area (Å²) in [6.07, 6.45) is -8.67. The predicted molar refractivity (Wildman–Crippen MR) is 202 cm³/mol. The average Bonchev–Trinajstić information content (AvgIpc) is 3.67. The number of phosphoric ester groups is 3. The zero-order valence-corrected chi connectivity index (χ0v) is 35.4. The van der Waals surface area contributed by atoms with E-state index in [2.05, 4.69) is 34.4 Å². The Hall–Kier alpha value is -3.43. The Kier molecular flexibility index (Phi) is 18.3. The predicted octanol–water partition coefficient (Wildman–Crippen LogP) is -1.44. The van der Waals surface area contributed by atoms with Crippen molar-refractivity contribution in [2.24, 2.45) is 5.41 Å². The van der Waals surface area contributed by atoms with Crippen LogP contribution in [0.25, 0.3) is 11.2 Å². The quantitative estimate of drug-likeness (QED) is 0.0313. The number of thioether (sulfide) groups is 1. The first kappa shape index (κ1) is 50.9. The fourth-order valence-corrected chi connectivity index (χ4v) is 8.65. The first-order chi connectivity index (χ1) is 27.7. The number of fused-ring (bicyclic) bond motifs is 1. The van der Waals surface area contributed by atoms with Gasteiger partial charge in [0.2, 0.25) is 11.8 Å². The van der Waals surface area contributed by atoms with Gasteiger partial charge in [-0.2, -0.15) is 4.31 Å². The second-order valence-corrected chi connectivity index (χ2v) is 19.0. The number of nitrogens with two attached hydrogens (primary N) is 1. The smallest absolute Gasteiger partial charge is 0.386 e. The van der Waals surface area contributed by atoms with E-state index < -0.39 is 126 Å². The molecule has 0 saturated carbocycles. The Morgan fingerprint density at radius 1 is 0.967 bits per heavy atom. The lowest BCUT2D eigenvalue weighted by Crippen LogP contribution is -2.46. The Morgan fingerprint density at radius 3 is 2.27 bits per heavy atom. The highest BCUT2D eigenvalue weighted by Crippen LogP contribution is 2.61. The molecular weight excluding hydrogens is 891 g/mol. The number of imidazole rings is 1. The summed E-state index contributed by atoms with van der Waals surface area (Å²) in [4.78, 5) is 122. The number of nitrogens with one attached hydrogen (secondary N) is 2. The molecule has 2 unspecified atom stereocenters. The van der Waals surface area contributed by atoms with Gasteiger partial charge in [-0.15, -0.1) is 0 Å². The number of carbonyl (C=O) groups is 6. The number of aromatic nitrogens is 4. The minimum absolute atomic E-state index is 0.00256. The first-order valence-electron chi connectivity index (χ1n) is 17.3. The summed E-state index contributed by atoms with van der Waals surface area (Å²) < 4.78 is 62.0. The zero-order chi connectivity index (χ0) is 45.2.